The van der Waals surface area contributed by atoms with Crippen LogP contribution in [0.15, 0.2) is 91.0 Å². The summed E-state index contributed by atoms with van der Waals surface area (Å²) < 4.78 is 33.5. The molecule has 0 bridgehead atoms. The molecular weight excluding hydrogens is 537 g/mol. The normalized spacial score (nSPS) is 27.0. The molecule has 0 aromatic heterocycles. The lowest BCUT2D eigenvalue weighted by Crippen LogP contribution is -2.72. The Labute approximate surface area is 243 Å². The van der Waals surface area contributed by atoms with E-state index in [9.17, 15) is 0 Å². The Hall–Kier alpha value is -2.41. The first-order chi connectivity index (χ1) is 19.4. The number of hydrogen-bond acceptors (Lipinski definition) is 6. The van der Waals surface area contributed by atoms with Crippen LogP contribution in [-0.2, 0) is 23.4 Å². The second-order valence-corrected chi connectivity index (χ2v) is 16.4. The predicted molar refractivity (Wildman–Crippen MR) is 163 cm³/mol. The van der Waals surface area contributed by atoms with E-state index in [-0.39, 0.29) is 23.2 Å². The Morgan fingerprint density at radius 3 is 1.98 bits per heavy atom. The average molecular weight is 575 g/mol. The van der Waals surface area contributed by atoms with Crippen molar-refractivity contribution in [2.75, 3.05) is 19.5 Å². The van der Waals surface area contributed by atoms with Gasteiger partial charge in [0.2, 0.25) is 0 Å². The minimum absolute atomic E-state index is 0.154. The summed E-state index contributed by atoms with van der Waals surface area (Å²) in [5.41, 5.74) is 0.663. The minimum Gasteiger partial charge on any atom is -0.399 e. The SMILES string of the molecule is C#CCO[C@H]1[C@@H](O[Si](c2ccccc2)(c2ccccc2)C(C)(C)C)[C@@H]2O[C@H](c3ccccc3)OC[C@H]2O[C@@H]1SC. The summed E-state index contributed by atoms with van der Waals surface area (Å²) in [5.74, 6) is 2.65. The summed E-state index contributed by atoms with van der Waals surface area (Å²) in [4.78, 5) is 0. The fourth-order valence-electron chi connectivity index (χ4n) is 5.87. The van der Waals surface area contributed by atoms with Gasteiger partial charge in [0.25, 0.3) is 8.32 Å². The molecule has 3 aromatic rings. The molecule has 0 unspecified atom stereocenters. The highest BCUT2D eigenvalue weighted by atomic mass is 32.2. The van der Waals surface area contributed by atoms with Crippen molar-refractivity contribution in [1.29, 1.82) is 0 Å². The van der Waals surface area contributed by atoms with Crippen LogP contribution in [-0.4, -0.2) is 57.6 Å². The van der Waals surface area contributed by atoms with Gasteiger partial charge in [0.05, 0.1) is 6.61 Å². The minimum atomic E-state index is -2.96. The third-order valence-electron chi connectivity index (χ3n) is 7.68. The Balaban J connectivity index is 1.64. The highest BCUT2D eigenvalue weighted by Gasteiger charge is 2.58. The highest BCUT2D eigenvalue weighted by Crippen LogP contribution is 2.43. The molecule has 2 saturated heterocycles. The van der Waals surface area contributed by atoms with Crippen molar-refractivity contribution in [1.82, 2.24) is 0 Å². The molecule has 0 saturated carbocycles. The van der Waals surface area contributed by atoms with Crippen molar-refractivity contribution < 1.29 is 23.4 Å². The molecular formula is C33H38O5SSi. The maximum Gasteiger partial charge on any atom is 0.261 e. The zero-order chi connectivity index (χ0) is 28.2. The lowest BCUT2D eigenvalue weighted by atomic mass is 9.98. The molecule has 5 rings (SSSR count). The van der Waals surface area contributed by atoms with Crippen molar-refractivity contribution in [3.63, 3.8) is 0 Å². The summed E-state index contributed by atoms with van der Waals surface area (Å²) >= 11 is 1.59. The molecule has 2 aliphatic rings. The number of ether oxygens (including phenoxy) is 4. The zero-order valence-corrected chi connectivity index (χ0v) is 25.4. The second kappa shape index (κ2) is 12.6. The summed E-state index contributed by atoms with van der Waals surface area (Å²) in [6.07, 6.45) is 5.54. The third kappa shape index (κ3) is 5.68. The van der Waals surface area contributed by atoms with Gasteiger partial charge in [-0.2, -0.15) is 0 Å². The van der Waals surface area contributed by atoms with E-state index >= 15 is 0 Å². The molecule has 6 atom stereocenters. The highest BCUT2D eigenvalue weighted by molar-refractivity contribution is 7.99. The van der Waals surface area contributed by atoms with Gasteiger partial charge in [0.15, 0.2) is 6.29 Å². The van der Waals surface area contributed by atoms with Gasteiger partial charge in [-0.05, 0) is 21.7 Å². The Kier molecular flexibility index (Phi) is 9.18. The van der Waals surface area contributed by atoms with Gasteiger partial charge in [0, 0.05) is 5.56 Å². The van der Waals surface area contributed by atoms with Crippen LogP contribution < -0.4 is 10.4 Å². The van der Waals surface area contributed by atoms with Crippen LogP contribution in [0.1, 0.15) is 32.6 Å². The summed E-state index contributed by atoms with van der Waals surface area (Å²) in [7, 11) is -2.96. The Bertz CT molecular complexity index is 1220. The maximum atomic E-state index is 7.68. The van der Waals surface area contributed by atoms with E-state index in [1.807, 2.05) is 36.6 Å². The molecule has 5 nitrogen and oxygen atoms in total. The van der Waals surface area contributed by atoms with E-state index in [2.05, 4.69) is 87.4 Å². The molecule has 0 N–H and O–H groups in total. The van der Waals surface area contributed by atoms with Crippen molar-refractivity contribution in [3.05, 3.63) is 96.6 Å². The molecule has 0 aliphatic carbocycles. The van der Waals surface area contributed by atoms with Gasteiger partial charge in [0.1, 0.15) is 36.5 Å². The van der Waals surface area contributed by atoms with Gasteiger partial charge in [-0.3, -0.25) is 0 Å². The van der Waals surface area contributed by atoms with Gasteiger partial charge in [-0.25, -0.2) is 0 Å². The zero-order valence-electron chi connectivity index (χ0n) is 23.6. The largest absolute Gasteiger partial charge is 0.399 e. The van der Waals surface area contributed by atoms with Crippen LogP contribution in [0.2, 0.25) is 5.04 Å². The van der Waals surface area contributed by atoms with Crippen LogP contribution in [0.3, 0.4) is 0 Å². The molecule has 7 heteroatoms. The van der Waals surface area contributed by atoms with Crippen molar-refractivity contribution >= 4 is 30.5 Å². The first-order valence-corrected chi connectivity index (χ1v) is 16.9. The van der Waals surface area contributed by atoms with E-state index in [0.717, 1.165) is 5.56 Å². The predicted octanol–water partition coefficient (Wildman–Crippen LogP) is 5.15. The molecule has 210 valence electrons. The Morgan fingerprint density at radius 2 is 1.45 bits per heavy atom. The van der Waals surface area contributed by atoms with Crippen LogP contribution in [0.5, 0.6) is 0 Å². The van der Waals surface area contributed by atoms with Crippen molar-refractivity contribution in [2.45, 2.75) is 62.0 Å². The molecule has 2 fully saturated rings. The Morgan fingerprint density at radius 1 is 0.875 bits per heavy atom. The monoisotopic (exact) mass is 574 g/mol. The molecule has 2 heterocycles. The van der Waals surface area contributed by atoms with Crippen molar-refractivity contribution in [3.8, 4) is 12.3 Å². The fourth-order valence-corrected chi connectivity index (χ4v) is 11.3. The molecule has 2 aliphatic heterocycles. The molecule has 0 spiro atoms. The second-order valence-electron chi connectivity index (χ2n) is 11.2. The fraction of sp³-hybridized carbons (Fsp3) is 0.394. The van der Waals surface area contributed by atoms with Crippen molar-refractivity contribution in [2.24, 2.45) is 0 Å². The number of thioether (sulfide) groups is 1. The van der Waals surface area contributed by atoms with Crippen LogP contribution in [0, 0.1) is 12.3 Å². The summed E-state index contributed by atoms with van der Waals surface area (Å²) in [6, 6.07) is 31.3. The van der Waals surface area contributed by atoms with E-state index in [1.54, 1.807) is 11.8 Å². The van der Waals surface area contributed by atoms with E-state index < -0.39 is 32.9 Å². The number of fused-ring (bicyclic) bond motifs is 1. The number of rotatable bonds is 8. The lowest BCUT2D eigenvalue weighted by Gasteiger charge is -2.53. The summed E-state index contributed by atoms with van der Waals surface area (Å²) in [6.45, 7) is 7.37. The quantitative estimate of drug-likeness (QED) is 0.274. The van der Waals surface area contributed by atoms with Gasteiger partial charge in [-0.15, -0.1) is 18.2 Å². The third-order valence-corrected chi connectivity index (χ3v) is 13.6. The number of benzene rings is 3. The van der Waals surface area contributed by atoms with Crippen LogP contribution in [0.4, 0.5) is 0 Å². The molecule has 0 amide bonds. The first-order valence-electron chi connectivity index (χ1n) is 13.7. The lowest BCUT2D eigenvalue weighted by molar-refractivity contribution is -0.318. The average Bonchev–Trinajstić information content (AvgIpc) is 2.99. The number of hydrogen-bond donors (Lipinski definition) is 0. The van der Waals surface area contributed by atoms with Crippen LogP contribution >= 0.6 is 11.8 Å². The standard InChI is InChI=1S/C33H38O5SSi/c1-6-22-34-30-29(28-27(36-32(30)39-5)23-35-31(37-28)24-16-10-7-11-17-24)38-40(33(2,3)4,25-18-12-8-13-19-25)26-20-14-9-15-21-26/h1,7-21,27-32H,22-23H2,2-5H3/t27-,28-,29+,30+,31-,32-/m1/s1. The number of terminal acetylenes is 1. The molecule has 40 heavy (non-hydrogen) atoms. The smallest absolute Gasteiger partial charge is 0.261 e. The van der Waals surface area contributed by atoms with E-state index in [1.165, 1.54) is 10.4 Å². The van der Waals surface area contributed by atoms with Gasteiger partial charge < -0.3 is 23.4 Å². The first kappa shape index (κ1) is 29.1. The van der Waals surface area contributed by atoms with Crippen LogP contribution in [0.25, 0.3) is 0 Å². The molecule has 3 aromatic carbocycles. The van der Waals surface area contributed by atoms with E-state index in [4.69, 9.17) is 29.8 Å². The molecule has 0 radical (unpaired) electrons. The van der Waals surface area contributed by atoms with E-state index in [0.29, 0.717) is 6.61 Å². The van der Waals surface area contributed by atoms with Gasteiger partial charge in [-0.1, -0.05) is 118 Å². The topological polar surface area (TPSA) is 46.2 Å². The maximum absolute atomic E-state index is 7.68. The van der Waals surface area contributed by atoms with Gasteiger partial charge >= 0.3 is 0 Å². The summed E-state index contributed by atoms with van der Waals surface area (Å²) in [5, 5.41) is 2.17.